The number of hydrogen-bond donors (Lipinski definition) is 1. The molecule has 6 nitrogen and oxygen atoms in total. The molecule has 160 valence electrons. The highest BCUT2D eigenvalue weighted by atomic mass is 16.5. The summed E-state index contributed by atoms with van der Waals surface area (Å²) in [7, 11) is 1.59. The predicted molar refractivity (Wildman–Crippen MR) is 119 cm³/mol. The summed E-state index contributed by atoms with van der Waals surface area (Å²) in [4.78, 5) is 24.5. The van der Waals surface area contributed by atoms with Crippen molar-refractivity contribution >= 4 is 17.6 Å². The summed E-state index contributed by atoms with van der Waals surface area (Å²) in [6, 6.07) is 21.2. The standard InChI is InChI=1S/C25H25NO5/c1-3-30-22-11-4-18(5-12-22)6-17-24(27)31-23-13-7-19(8-14-23)25(28)26-20-9-15-21(29-2)16-10-20/h4-5,7-16H,3,6,17H2,1-2H3,(H,26,28). The Morgan fingerprint density at radius 2 is 1.42 bits per heavy atom. The van der Waals surface area contributed by atoms with E-state index >= 15 is 0 Å². The van der Waals surface area contributed by atoms with Gasteiger partial charge in [0.1, 0.15) is 17.2 Å². The molecule has 1 N–H and O–H groups in total. The number of ether oxygens (including phenoxy) is 3. The van der Waals surface area contributed by atoms with Gasteiger partial charge in [-0.1, -0.05) is 12.1 Å². The van der Waals surface area contributed by atoms with Crippen LogP contribution in [0.2, 0.25) is 0 Å². The zero-order valence-corrected chi connectivity index (χ0v) is 17.6. The second-order valence-corrected chi connectivity index (χ2v) is 6.76. The summed E-state index contributed by atoms with van der Waals surface area (Å²) in [6.45, 7) is 2.55. The van der Waals surface area contributed by atoms with Gasteiger partial charge in [0.25, 0.3) is 5.91 Å². The molecular formula is C25H25NO5. The van der Waals surface area contributed by atoms with Crippen LogP contribution in [-0.2, 0) is 11.2 Å². The largest absolute Gasteiger partial charge is 0.497 e. The van der Waals surface area contributed by atoms with Gasteiger partial charge in [-0.3, -0.25) is 9.59 Å². The maximum Gasteiger partial charge on any atom is 0.311 e. The Bertz CT molecular complexity index is 996. The second-order valence-electron chi connectivity index (χ2n) is 6.76. The van der Waals surface area contributed by atoms with E-state index in [4.69, 9.17) is 14.2 Å². The van der Waals surface area contributed by atoms with Crippen molar-refractivity contribution in [3.8, 4) is 17.2 Å². The number of nitrogens with one attached hydrogen (secondary N) is 1. The van der Waals surface area contributed by atoms with Gasteiger partial charge in [-0.15, -0.1) is 0 Å². The molecule has 0 heterocycles. The molecule has 0 radical (unpaired) electrons. The van der Waals surface area contributed by atoms with Crippen LogP contribution in [-0.4, -0.2) is 25.6 Å². The van der Waals surface area contributed by atoms with Crippen molar-refractivity contribution in [3.05, 3.63) is 83.9 Å². The molecule has 31 heavy (non-hydrogen) atoms. The molecule has 0 aliphatic rings. The van der Waals surface area contributed by atoms with Crippen molar-refractivity contribution < 1.29 is 23.8 Å². The number of amides is 1. The van der Waals surface area contributed by atoms with E-state index in [2.05, 4.69) is 5.32 Å². The summed E-state index contributed by atoms with van der Waals surface area (Å²) in [5.41, 5.74) is 2.16. The third kappa shape index (κ3) is 6.60. The first-order valence-electron chi connectivity index (χ1n) is 10.0. The summed E-state index contributed by atoms with van der Waals surface area (Å²) >= 11 is 0. The number of carbonyl (C=O) groups is 2. The van der Waals surface area contributed by atoms with Gasteiger partial charge < -0.3 is 19.5 Å². The smallest absolute Gasteiger partial charge is 0.311 e. The number of rotatable bonds is 9. The minimum atomic E-state index is -0.329. The first-order chi connectivity index (χ1) is 15.1. The average molecular weight is 419 g/mol. The minimum absolute atomic E-state index is 0.251. The van der Waals surface area contributed by atoms with Crippen molar-refractivity contribution in [2.75, 3.05) is 19.0 Å². The molecule has 0 bridgehead atoms. The van der Waals surface area contributed by atoms with Crippen LogP contribution < -0.4 is 19.5 Å². The molecule has 0 saturated carbocycles. The quantitative estimate of drug-likeness (QED) is 0.395. The molecule has 0 atom stereocenters. The van der Waals surface area contributed by atoms with E-state index < -0.39 is 0 Å². The van der Waals surface area contributed by atoms with Gasteiger partial charge in [0.05, 0.1) is 13.7 Å². The van der Waals surface area contributed by atoms with Crippen molar-refractivity contribution in [1.29, 1.82) is 0 Å². The molecule has 6 heteroatoms. The highest BCUT2D eigenvalue weighted by molar-refractivity contribution is 6.04. The Hall–Kier alpha value is -3.80. The molecule has 3 aromatic carbocycles. The van der Waals surface area contributed by atoms with Crippen LogP contribution in [0.25, 0.3) is 0 Å². The normalized spacial score (nSPS) is 10.3. The van der Waals surface area contributed by atoms with Gasteiger partial charge >= 0.3 is 5.97 Å². The van der Waals surface area contributed by atoms with E-state index in [-0.39, 0.29) is 18.3 Å². The molecule has 0 aromatic heterocycles. The van der Waals surface area contributed by atoms with Crippen LogP contribution in [0, 0.1) is 0 Å². The van der Waals surface area contributed by atoms with Crippen molar-refractivity contribution in [2.24, 2.45) is 0 Å². The molecule has 0 unspecified atom stereocenters. The van der Waals surface area contributed by atoms with Gasteiger partial charge in [0.15, 0.2) is 0 Å². The maximum absolute atomic E-state index is 12.4. The van der Waals surface area contributed by atoms with Crippen LogP contribution in [0.3, 0.4) is 0 Å². The number of anilines is 1. The highest BCUT2D eigenvalue weighted by Gasteiger charge is 2.09. The first kappa shape index (κ1) is 21.9. The van der Waals surface area contributed by atoms with Gasteiger partial charge in [-0.05, 0) is 79.6 Å². The van der Waals surface area contributed by atoms with Gasteiger partial charge in [-0.25, -0.2) is 0 Å². The first-order valence-corrected chi connectivity index (χ1v) is 10.0. The van der Waals surface area contributed by atoms with Crippen LogP contribution in [0.4, 0.5) is 5.69 Å². The number of esters is 1. The Labute approximate surface area is 181 Å². The number of carbonyl (C=O) groups excluding carboxylic acids is 2. The molecule has 0 spiro atoms. The maximum atomic E-state index is 12.4. The van der Waals surface area contributed by atoms with E-state index in [9.17, 15) is 9.59 Å². The van der Waals surface area contributed by atoms with Crippen LogP contribution in [0.15, 0.2) is 72.8 Å². The van der Waals surface area contributed by atoms with Gasteiger partial charge in [0.2, 0.25) is 0 Å². The predicted octanol–water partition coefficient (Wildman–Crippen LogP) is 4.88. The second kappa shape index (κ2) is 10.8. The Balaban J connectivity index is 1.48. The van der Waals surface area contributed by atoms with Crippen molar-refractivity contribution in [3.63, 3.8) is 0 Å². The molecule has 0 fully saturated rings. The molecule has 3 rings (SSSR count). The van der Waals surface area contributed by atoms with Crippen LogP contribution >= 0.6 is 0 Å². The summed E-state index contributed by atoms with van der Waals surface area (Å²) in [5, 5.41) is 2.81. The Morgan fingerprint density at radius 3 is 2.03 bits per heavy atom. The lowest BCUT2D eigenvalue weighted by atomic mass is 10.1. The molecule has 0 saturated heterocycles. The zero-order chi connectivity index (χ0) is 22.1. The lowest BCUT2D eigenvalue weighted by Gasteiger charge is -2.08. The van der Waals surface area contributed by atoms with E-state index in [0.717, 1.165) is 11.3 Å². The number of hydrogen-bond acceptors (Lipinski definition) is 5. The lowest BCUT2D eigenvalue weighted by molar-refractivity contribution is -0.134. The molecule has 0 aliphatic heterocycles. The highest BCUT2D eigenvalue weighted by Crippen LogP contribution is 2.18. The average Bonchev–Trinajstić information content (AvgIpc) is 2.80. The fourth-order valence-electron chi connectivity index (χ4n) is 2.90. The molecule has 3 aromatic rings. The molecule has 1 amide bonds. The lowest BCUT2D eigenvalue weighted by Crippen LogP contribution is -2.12. The number of benzene rings is 3. The fraction of sp³-hybridized carbons (Fsp3) is 0.200. The van der Waals surface area contributed by atoms with Gasteiger partial charge in [-0.2, -0.15) is 0 Å². The third-order valence-electron chi connectivity index (χ3n) is 4.55. The van der Waals surface area contributed by atoms with E-state index in [0.29, 0.717) is 35.8 Å². The van der Waals surface area contributed by atoms with Crippen molar-refractivity contribution in [2.45, 2.75) is 19.8 Å². The minimum Gasteiger partial charge on any atom is -0.497 e. The van der Waals surface area contributed by atoms with Gasteiger partial charge in [0, 0.05) is 17.7 Å². The SMILES string of the molecule is CCOc1ccc(CCC(=O)Oc2ccc(C(=O)Nc3ccc(OC)cc3)cc2)cc1. The molecule has 0 aliphatic carbocycles. The zero-order valence-electron chi connectivity index (χ0n) is 17.6. The fourth-order valence-corrected chi connectivity index (χ4v) is 2.90. The van der Waals surface area contributed by atoms with E-state index in [1.807, 2.05) is 31.2 Å². The van der Waals surface area contributed by atoms with Crippen LogP contribution in [0.5, 0.6) is 17.2 Å². The van der Waals surface area contributed by atoms with E-state index in [1.54, 1.807) is 55.6 Å². The molecular weight excluding hydrogens is 394 g/mol. The number of aryl methyl sites for hydroxylation is 1. The van der Waals surface area contributed by atoms with E-state index in [1.165, 1.54) is 0 Å². The summed E-state index contributed by atoms with van der Waals surface area (Å²) in [6.07, 6.45) is 0.835. The summed E-state index contributed by atoms with van der Waals surface area (Å²) < 4.78 is 15.9. The topological polar surface area (TPSA) is 73.9 Å². The third-order valence-corrected chi connectivity index (χ3v) is 4.55. The van der Waals surface area contributed by atoms with Crippen molar-refractivity contribution in [1.82, 2.24) is 0 Å². The number of methoxy groups -OCH3 is 1. The summed E-state index contributed by atoms with van der Waals surface area (Å²) in [5.74, 6) is 1.34. The Kier molecular flexibility index (Phi) is 7.65. The monoisotopic (exact) mass is 419 g/mol. The van der Waals surface area contributed by atoms with Crippen LogP contribution in [0.1, 0.15) is 29.3 Å². The Morgan fingerprint density at radius 1 is 0.806 bits per heavy atom.